The first-order valence-electron chi connectivity index (χ1n) is 8.14. The van der Waals surface area contributed by atoms with Crippen LogP contribution in [-0.2, 0) is 0 Å². The van der Waals surface area contributed by atoms with Crippen molar-refractivity contribution >= 4 is 11.9 Å². The van der Waals surface area contributed by atoms with Crippen LogP contribution in [0.5, 0.6) is 5.75 Å². The lowest BCUT2D eigenvalue weighted by Crippen LogP contribution is -2.42. The molecule has 25 heavy (non-hydrogen) atoms. The van der Waals surface area contributed by atoms with Crippen LogP contribution in [0.3, 0.4) is 0 Å². The molecule has 2 rings (SSSR count). The Morgan fingerprint density at radius 3 is 2.48 bits per heavy atom. The molecule has 0 bridgehead atoms. The van der Waals surface area contributed by atoms with Crippen LogP contribution in [0.15, 0.2) is 52.1 Å². The summed E-state index contributed by atoms with van der Waals surface area (Å²) in [6, 6.07) is 11.2. The van der Waals surface area contributed by atoms with Crippen LogP contribution in [-0.4, -0.2) is 45.2 Å². The van der Waals surface area contributed by atoms with Crippen molar-refractivity contribution in [2.45, 2.75) is 6.92 Å². The monoisotopic (exact) mass is 344 g/mol. The summed E-state index contributed by atoms with van der Waals surface area (Å²) >= 11 is 0. The van der Waals surface area contributed by atoms with E-state index in [-0.39, 0.29) is 5.91 Å². The molecule has 7 heteroatoms. The molecule has 0 saturated heterocycles. The zero-order chi connectivity index (χ0) is 17.9. The van der Waals surface area contributed by atoms with E-state index in [1.54, 1.807) is 19.2 Å². The van der Waals surface area contributed by atoms with Crippen molar-refractivity contribution in [1.82, 2.24) is 16.0 Å². The fraction of sp³-hybridized carbons (Fsp3) is 0.333. The van der Waals surface area contributed by atoms with Crippen LogP contribution in [0.25, 0.3) is 0 Å². The van der Waals surface area contributed by atoms with Gasteiger partial charge < -0.3 is 25.1 Å². The molecule has 7 nitrogen and oxygen atoms in total. The number of aryl methyl sites for hydroxylation is 1. The number of nitrogens with zero attached hydrogens (tertiary/aromatic N) is 1. The van der Waals surface area contributed by atoms with E-state index in [1.807, 2.05) is 31.2 Å². The fourth-order valence-corrected chi connectivity index (χ4v) is 2.05. The Morgan fingerprint density at radius 2 is 1.80 bits per heavy atom. The van der Waals surface area contributed by atoms with Gasteiger partial charge in [0.2, 0.25) is 0 Å². The molecule has 0 aliphatic carbocycles. The zero-order valence-electron chi connectivity index (χ0n) is 14.5. The standard InChI is InChI=1S/C18H24N4O3/c1-14-5-7-15(8-6-14)24-13-11-22-18(19-2)21-10-9-20-17(23)16-4-3-12-25-16/h3-8,12H,9-11,13H2,1-2H3,(H,20,23)(H2,19,21,22). The van der Waals surface area contributed by atoms with Crippen LogP contribution in [0, 0.1) is 6.92 Å². The van der Waals surface area contributed by atoms with Crippen LogP contribution < -0.4 is 20.7 Å². The number of aliphatic imine (C=N–C) groups is 1. The molecule has 0 aliphatic heterocycles. The molecule has 0 saturated carbocycles. The lowest BCUT2D eigenvalue weighted by atomic mass is 10.2. The Morgan fingerprint density at radius 1 is 1.08 bits per heavy atom. The second-order valence-electron chi connectivity index (χ2n) is 5.32. The third-order valence-corrected chi connectivity index (χ3v) is 3.36. The van der Waals surface area contributed by atoms with E-state index in [2.05, 4.69) is 20.9 Å². The highest BCUT2D eigenvalue weighted by Crippen LogP contribution is 2.10. The van der Waals surface area contributed by atoms with Crippen LogP contribution in [0.1, 0.15) is 16.1 Å². The summed E-state index contributed by atoms with van der Waals surface area (Å²) in [7, 11) is 1.69. The fourth-order valence-electron chi connectivity index (χ4n) is 2.05. The number of guanidine groups is 1. The van der Waals surface area contributed by atoms with Gasteiger partial charge in [-0.25, -0.2) is 0 Å². The van der Waals surface area contributed by atoms with Gasteiger partial charge in [-0.3, -0.25) is 9.79 Å². The van der Waals surface area contributed by atoms with Crippen LogP contribution >= 0.6 is 0 Å². The van der Waals surface area contributed by atoms with Gasteiger partial charge in [0.25, 0.3) is 5.91 Å². The number of carbonyl (C=O) groups is 1. The maximum Gasteiger partial charge on any atom is 0.287 e. The summed E-state index contributed by atoms with van der Waals surface area (Å²) in [5.74, 6) is 1.56. The largest absolute Gasteiger partial charge is 0.492 e. The summed E-state index contributed by atoms with van der Waals surface area (Å²) in [5.41, 5.74) is 1.20. The number of rotatable bonds is 8. The number of carbonyl (C=O) groups excluding carboxylic acids is 1. The normalized spacial score (nSPS) is 11.0. The molecule has 1 aromatic heterocycles. The summed E-state index contributed by atoms with van der Waals surface area (Å²) in [5, 5.41) is 9.02. The van der Waals surface area contributed by atoms with Crippen molar-refractivity contribution in [2.24, 2.45) is 4.99 Å². The first-order valence-corrected chi connectivity index (χ1v) is 8.14. The van der Waals surface area contributed by atoms with Gasteiger partial charge in [0.05, 0.1) is 12.8 Å². The average Bonchev–Trinajstić information content (AvgIpc) is 3.16. The second-order valence-corrected chi connectivity index (χ2v) is 5.32. The van der Waals surface area contributed by atoms with Crippen LogP contribution in [0.2, 0.25) is 0 Å². The van der Waals surface area contributed by atoms with Crippen molar-refractivity contribution in [3.05, 3.63) is 54.0 Å². The molecule has 134 valence electrons. The van der Waals surface area contributed by atoms with Gasteiger partial charge in [0.15, 0.2) is 11.7 Å². The van der Waals surface area contributed by atoms with E-state index in [9.17, 15) is 4.79 Å². The lowest BCUT2D eigenvalue weighted by molar-refractivity contribution is 0.0926. The Bertz CT molecular complexity index is 666. The zero-order valence-corrected chi connectivity index (χ0v) is 14.5. The molecule has 0 radical (unpaired) electrons. The number of nitrogens with one attached hydrogen (secondary N) is 3. The first-order chi connectivity index (χ1) is 12.2. The van der Waals surface area contributed by atoms with Gasteiger partial charge in [0, 0.05) is 20.1 Å². The van der Waals surface area contributed by atoms with Crippen molar-refractivity contribution in [3.8, 4) is 5.75 Å². The third kappa shape index (κ3) is 6.58. The van der Waals surface area contributed by atoms with Gasteiger partial charge in [-0.2, -0.15) is 0 Å². The van der Waals surface area contributed by atoms with Crippen molar-refractivity contribution in [3.63, 3.8) is 0 Å². The Labute approximate surface area is 147 Å². The van der Waals surface area contributed by atoms with E-state index in [0.29, 0.717) is 38.0 Å². The predicted octanol–water partition coefficient (Wildman–Crippen LogP) is 1.56. The number of ether oxygens (including phenoxy) is 1. The maximum atomic E-state index is 11.7. The minimum atomic E-state index is -0.235. The molecular formula is C18H24N4O3. The Kier molecular flexibility index (Phi) is 7.37. The van der Waals surface area contributed by atoms with E-state index < -0.39 is 0 Å². The van der Waals surface area contributed by atoms with Crippen molar-refractivity contribution in [2.75, 3.05) is 33.3 Å². The van der Waals surface area contributed by atoms with E-state index in [1.165, 1.54) is 11.8 Å². The predicted molar refractivity (Wildman–Crippen MR) is 97.1 cm³/mol. The second kappa shape index (κ2) is 10.0. The van der Waals surface area contributed by atoms with Gasteiger partial charge in [-0.1, -0.05) is 17.7 Å². The SMILES string of the molecule is CN=C(NCCNC(=O)c1ccco1)NCCOc1ccc(C)cc1. The lowest BCUT2D eigenvalue weighted by Gasteiger charge is -2.12. The highest BCUT2D eigenvalue weighted by atomic mass is 16.5. The summed E-state index contributed by atoms with van der Waals surface area (Å²) in [4.78, 5) is 15.8. The number of hydrogen-bond donors (Lipinski definition) is 3. The molecule has 1 heterocycles. The molecule has 2 aromatic rings. The Balaban J connectivity index is 1.57. The van der Waals surface area contributed by atoms with Crippen LogP contribution in [0.4, 0.5) is 0 Å². The number of benzene rings is 1. The molecule has 1 amide bonds. The molecule has 3 N–H and O–H groups in total. The molecular weight excluding hydrogens is 320 g/mol. The summed E-state index contributed by atoms with van der Waals surface area (Å²) < 4.78 is 10.7. The number of furan rings is 1. The first kappa shape index (κ1) is 18.4. The van der Waals surface area contributed by atoms with E-state index in [4.69, 9.17) is 9.15 Å². The Hall–Kier alpha value is -2.96. The molecule has 0 spiro atoms. The topological polar surface area (TPSA) is 87.9 Å². The maximum absolute atomic E-state index is 11.7. The summed E-state index contributed by atoms with van der Waals surface area (Å²) in [6.45, 7) is 4.19. The highest BCUT2D eigenvalue weighted by molar-refractivity contribution is 5.91. The molecule has 0 unspecified atom stereocenters. The quantitative estimate of drug-likeness (QED) is 0.384. The minimum absolute atomic E-state index is 0.235. The number of amides is 1. The summed E-state index contributed by atoms with van der Waals surface area (Å²) in [6.07, 6.45) is 1.47. The highest BCUT2D eigenvalue weighted by Gasteiger charge is 2.06. The van der Waals surface area contributed by atoms with Gasteiger partial charge in [-0.15, -0.1) is 0 Å². The van der Waals surface area contributed by atoms with E-state index >= 15 is 0 Å². The number of hydrogen-bond acceptors (Lipinski definition) is 4. The van der Waals surface area contributed by atoms with Gasteiger partial charge >= 0.3 is 0 Å². The van der Waals surface area contributed by atoms with E-state index in [0.717, 1.165) is 5.75 Å². The minimum Gasteiger partial charge on any atom is -0.492 e. The van der Waals surface area contributed by atoms with Crippen molar-refractivity contribution in [1.29, 1.82) is 0 Å². The van der Waals surface area contributed by atoms with Gasteiger partial charge in [0.1, 0.15) is 12.4 Å². The van der Waals surface area contributed by atoms with Gasteiger partial charge in [-0.05, 0) is 31.2 Å². The third-order valence-electron chi connectivity index (χ3n) is 3.36. The smallest absolute Gasteiger partial charge is 0.287 e. The average molecular weight is 344 g/mol. The molecule has 0 aliphatic rings. The van der Waals surface area contributed by atoms with Crippen molar-refractivity contribution < 1.29 is 13.9 Å². The molecule has 1 aromatic carbocycles. The molecule has 0 fully saturated rings. The molecule has 0 atom stereocenters.